The Balaban J connectivity index is 2.01. The topological polar surface area (TPSA) is 103 Å². The second kappa shape index (κ2) is 7.07. The standard InChI is InChI=1S/C18H21N3O5/c1-4-26-16(24)9-21-18-17(10(2)20-21)12(8-15(23)19-18)11-5-6-14(25-3)13(22)7-11/h5-7,12,22H,4,8-9H2,1-3H3,(H,19,23)/t12-/m0/s1. The van der Waals surface area contributed by atoms with Crippen LogP contribution >= 0.6 is 0 Å². The molecule has 2 N–H and O–H groups in total. The Bertz CT molecular complexity index is 859. The second-order valence-electron chi connectivity index (χ2n) is 6.05. The fourth-order valence-electron chi connectivity index (χ4n) is 3.27. The summed E-state index contributed by atoms with van der Waals surface area (Å²) in [6.45, 7) is 3.76. The highest BCUT2D eigenvalue weighted by molar-refractivity contribution is 5.95. The molecule has 0 fully saturated rings. The Labute approximate surface area is 150 Å². The van der Waals surface area contributed by atoms with Crippen LogP contribution in [0.3, 0.4) is 0 Å². The number of nitrogens with zero attached hydrogens (tertiary/aromatic N) is 2. The Morgan fingerprint density at radius 2 is 2.23 bits per heavy atom. The van der Waals surface area contributed by atoms with E-state index in [1.807, 2.05) is 13.0 Å². The van der Waals surface area contributed by atoms with Crippen molar-refractivity contribution in [3.8, 4) is 11.5 Å². The Morgan fingerprint density at radius 3 is 2.88 bits per heavy atom. The molecule has 3 rings (SSSR count). The summed E-state index contributed by atoms with van der Waals surface area (Å²) in [5.41, 5.74) is 2.32. The van der Waals surface area contributed by atoms with Gasteiger partial charge in [-0.15, -0.1) is 0 Å². The van der Waals surface area contributed by atoms with Crippen molar-refractivity contribution in [1.29, 1.82) is 0 Å². The number of anilines is 1. The summed E-state index contributed by atoms with van der Waals surface area (Å²) in [4.78, 5) is 24.0. The van der Waals surface area contributed by atoms with Gasteiger partial charge in [-0.3, -0.25) is 9.59 Å². The van der Waals surface area contributed by atoms with Gasteiger partial charge in [0.15, 0.2) is 11.5 Å². The van der Waals surface area contributed by atoms with Gasteiger partial charge in [-0.25, -0.2) is 4.68 Å². The van der Waals surface area contributed by atoms with E-state index in [9.17, 15) is 14.7 Å². The van der Waals surface area contributed by atoms with Gasteiger partial charge in [0.1, 0.15) is 12.4 Å². The molecule has 1 aromatic heterocycles. The van der Waals surface area contributed by atoms with Crippen molar-refractivity contribution in [3.63, 3.8) is 0 Å². The molecule has 0 saturated carbocycles. The molecule has 2 aromatic rings. The third kappa shape index (κ3) is 3.22. The molecular formula is C18H21N3O5. The van der Waals surface area contributed by atoms with Crippen molar-refractivity contribution in [1.82, 2.24) is 9.78 Å². The lowest BCUT2D eigenvalue weighted by atomic mass is 9.85. The second-order valence-corrected chi connectivity index (χ2v) is 6.05. The largest absolute Gasteiger partial charge is 0.504 e. The Morgan fingerprint density at radius 1 is 1.46 bits per heavy atom. The molecule has 1 aliphatic rings. The van der Waals surface area contributed by atoms with E-state index >= 15 is 0 Å². The molecule has 0 spiro atoms. The summed E-state index contributed by atoms with van der Waals surface area (Å²) >= 11 is 0. The molecule has 138 valence electrons. The highest BCUT2D eigenvalue weighted by Crippen LogP contribution is 2.41. The van der Waals surface area contributed by atoms with Crippen molar-refractivity contribution in [2.75, 3.05) is 19.0 Å². The first kappa shape index (κ1) is 17.8. The zero-order valence-electron chi connectivity index (χ0n) is 14.9. The van der Waals surface area contributed by atoms with E-state index in [0.29, 0.717) is 17.3 Å². The molecule has 0 radical (unpaired) electrons. The van der Waals surface area contributed by atoms with Crippen LogP contribution in [0.1, 0.15) is 36.1 Å². The maximum Gasteiger partial charge on any atom is 0.327 e. The first-order valence-corrected chi connectivity index (χ1v) is 8.34. The van der Waals surface area contributed by atoms with E-state index in [4.69, 9.17) is 9.47 Å². The molecular weight excluding hydrogens is 338 g/mol. The molecule has 0 aliphatic carbocycles. The van der Waals surface area contributed by atoms with Gasteiger partial charge in [-0.1, -0.05) is 6.07 Å². The van der Waals surface area contributed by atoms with E-state index in [2.05, 4.69) is 10.4 Å². The van der Waals surface area contributed by atoms with Gasteiger partial charge >= 0.3 is 5.97 Å². The minimum atomic E-state index is -0.420. The number of benzene rings is 1. The molecule has 8 nitrogen and oxygen atoms in total. The van der Waals surface area contributed by atoms with Crippen LogP contribution in [0, 0.1) is 6.92 Å². The molecule has 1 aromatic carbocycles. The molecule has 8 heteroatoms. The SMILES string of the molecule is CCOC(=O)Cn1nc(C)c2c1NC(=O)C[C@H]2c1ccc(OC)c(O)c1. The Hall–Kier alpha value is -3.03. The summed E-state index contributed by atoms with van der Waals surface area (Å²) in [6, 6.07) is 5.07. The van der Waals surface area contributed by atoms with Crippen LogP contribution < -0.4 is 10.1 Å². The number of aromatic nitrogens is 2. The van der Waals surface area contributed by atoms with Gasteiger partial charge in [0.05, 0.1) is 19.4 Å². The van der Waals surface area contributed by atoms with E-state index in [0.717, 1.165) is 11.1 Å². The minimum absolute atomic E-state index is 0.00843. The number of nitrogens with one attached hydrogen (secondary N) is 1. The van der Waals surface area contributed by atoms with Gasteiger partial charge < -0.3 is 19.9 Å². The summed E-state index contributed by atoms with van der Waals surface area (Å²) < 4.78 is 11.5. The number of esters is 1. The van der Waals surface area contributed by atoms with Gasteiger partial charge in [0.25, 0.3) is 0 Å². The summed E-state index contributed by atoms with van der Waals surface area (Å²) in [6.07, 6.45) is 0.227. The number of phenols is 1. The average molecular weight is 359 g/mol. The molecule has 0 bridgehead atoms. The zero-order chi connectivity index (χ0) is 18.8. The fourth-order valence-corrected chi connectivity index (χ4v) is 3.27. The molecule has 26 heavy (non-hydrogen) atoms. The fraction of sp³-hybridized carbons (Fsp3) is 0.389. The van der Waals surface area contributed by atoms with Gasteiger partial charge in [-0.05, 0) is 31.5 Å². The average Bonchev–Trinajstić information content (AvgIpc) is 2.89. The van der Waals surface area contributed by atoms with Gasteiger partial charge in [0, 0.05) is 17.9 Å². The summed E-state index contributed by atoms with van der Waals surface area (Å²) in [5.74, 6) is -0.00393. The molecule has 2 heterocycles. The maximum absolute atomic E-state index is 12.2. The van der Waals surface area contributed by atoms with Crippen LogP contribution in [0.5, 0.6) is 11.5 Å². The van der Waals surface area contributed by atoms with Crippen LogP contribution in [0.2, 0.25) is 0 Å². The number of aryl methyl sites for hydroxylation is 1. The number of carbonyl (C=O) groups is 2. The number of aromatic hydroxyl groups is 1. The third-order valence-corrected chi connectivity index (χ3v) is 4.36. The number of rotatable bonds is 5. The van der Waals surface area contributed by atoms with E-state index < -0.39 is 5.97 Å². The summed E-state index contributed by atoms with van der Waals surface area (Å²) in [5, 5.41) is 17.3. The van der Waals surface area contributed by atoms with Crippen LogP contribution in [-0.4, -0.2) is 40.5 Å². The lowest BCUT2D eigenvalue weighted by molar-refractivity contribution is -0.144. The Kier molecular flexibility index (Phi) is 4.83. The summed E-state index contributed by atoms with van der Waals surface area (Å²) in [7, 11) is 1.48. The number of hydrogen-bond donors (Lipinski definition) is 2. The van der Waals surface area contributed by atoms with Crippen molar-refractivity contribution >= 4 is 17.7 Å². The number of amides is 1. The molecule has 0 saturated heterocycles. The molecule has 0 unspecified atom stereocenters. The lowest BCUT2D eigenvalue weighted by Gasteiger charge is -2.24. The van der Waals surface area contributed by atoms with Crippen LogP contribution in [0.15, 0.2) is 18.2 Å². The van der Waals surface area contributed by atoms with Gasteiger partial charge in [-0.2, -0.15) is 5.10 Å². The van der Waals surface area contributed by atoms with Crippen LogP contribution in [0.25, 0.3) is 0 Å². The number of ether oxygens (including phenoxy) is 2. The molecule has 1 amide bonds. The normalized spacial score (nSPS) is 16.0. The third-order valence-electron chi connectivity index (χ3n) is 4.36. The number of carbonyl (C=O) groups excluding carboxylic acids is 2. The van der Waals surface area contributed by atoms with E-state index in [1.54, 1.807) is 19.1 Å². The van der Waals surface area contributed by atoms with Crippen molar-refractivity contribution in [2.45, 2.75) is 32.7 Å². The smallest absolute Gasteiger partial charge is 0.327 e. The van der Waals surface area contributed by atoms with E-state index in [-0.39, 0.29) is 37.1 Å². The highest BCUT2D eigenvalue weighted by Gasteiger charge is 2.33. The zero-order valence-corrected chi connectivity index (χ0v) is 14.9. The van der Waals surface area contributed by atoms with Gasteiger partial charge in [0.2, 0.25) is 5.91 Å². The van der Waals surface area contributed by atoms with Crippen molar-refractivity contribution < 1.29 is 24.2 Å². The van der Waals surface area contributed by atoms with Crippen LogP contribution in [0.4, 0.5) is 5.82 Å². The number of methoxy groups -OCH3 is 1. The lowest BCUT2D eigenvalue weighted by Crippen LogP contribution is -2.26. The number of fused-ring (bicyclic) bond motifs is 1. The maximum atomic E-state index is 12.2. The van der Waals surface area contributed by atoms with Crippen molar-refractivity contribution in [3.05, 3.63) is 35.0 Å². The quantitative estimate of drug-likeness (QED) is 0.791. The van der Waals surface area contributed by atoms with E-state index in [1.165, 1.54) is 11.8 Å². The van der Waals surface area contributed by atoms with Crippen molar-refractivity contribution in [2.24, 2.45) is 0 Å². The predicted octanol–water partition coefficient (Wildman–Crippen LogP) is 1.94. The van der Waals surface area contributed by atoms with Crippen LogP contribution in [-0.2, 0) is 20.9 Å². The number of phenolic OH excluding ortho intramolecular Hbond substituents is 1. The molecule has 1 aliphatic heterocycles. The predicted molar refractivity (Wildman–Crippen MR) is 93.3 cm³/mol. The first-order valence-electron chi connectivity index (χ1n) is 8.34. The highest BCUT2D eigenvalue weighted by atomic mass is 16.5. The number of hydrogen-bond acceptors (Lipinski definition) is 6. The minimum Gasteiger partial charge on any atom is -0.504 e. The molecule has 1 atom stereocenters. The first-order chi connectivity index (χ1) is 12.4. The monoisotopic (exact) mass is 359 g/mol.